The van der Waals surface area contributed by atoms with E-state index in [1.54, 1.807) is 27.7 Å². The Morgan fingerprint density at radius 3 is 1.55 bits per heavy atom. The van der Waals surface area contributed by atoms with E-state index in [9.17, 15) is 10.2 Å². The minimum absolute atomic E-state index is 0.471. The number of hydrogen-bond acceptors (Lipinski definition) is 6. The summed E-state index contributed by atoms with van der Waals surface area (Å²) < 4.78 is 0. The van der Waals surface area contributed by atoms with Crippen molar-refractivity contribution in [2.75, 3.05) is 37.0 Å². The summed E-state index contributed by atoms with van der Waals surface area (Å²) in [6.45, 7) is 7.97. The van der Waals surface area contributed by atoms with E-state index in [-0.39, 0.29) is 0 Å². The molecule has 6 nitrogen and oxygen atoms in total. The van der Waals surface area contributed by atoms with Gasteiger partial charge in [0.1, 0.15) is 18.0 Å². The van der Waals surface area contributed by atoms with Crippen LogP contribution in [0.2, 0.25) is 0 Å². The van der Waals surface area contributed by atoms with Crippen molar-refractivity contribution in [2.24, 2.45) is 0 Å². The maximum atomic E-state index is 9.85. The summed E-state index contributed by atoms with van der Waals surface area (Å²) in [5, 5.41) is 19.7. The quantitative estimate of drug-likeness (QED) is 0.807. The average molecular weight is 282 g/mol. The average Bonchev–Trinajstić information content (AvgIpc) is 2.24. The molecular weight excluding hydrogens is 256 g/mol. The molecule has 0 saturated heterocycles. The standard InChI is InChI=1S/C14H26N4O2/c1-13(2,19)8-17(5)11-7-12(16-10-15-11)18(6)9-14(3,4)20/h7,10,19-20H,8-9H2,1-6H3. The first kappa shape index (κ1) is 16.7. The van der Waals surface area contributed by atoms with E-state index in [0.29, 0.717) is 13.1 Å². The molecule has 0 atom stereocenters. The molecular formula is C14H26N4O2. The van der Waals surface area contributed by atoms with Gasteiger partial charge in [0.05, 0.1) is 11.2 Å². The summed E-state index contributed by atoms with van der Waals surface area (Å²) in [5.74, 6) is 1.47. The van der Waals surface area contributed by atoms with Gasteiger partial charge in [0.25, 0.3) is 0 Å². The first-order valence-corrected chi connectivity index (χ1v) is 6.67. The number of hydrogen-bond donors (Lipinski definition) is 2. The molecule has 0 aliphatic carbocycles. The van der Waals surface area contributed by atoms with Gasteiger partial charge in [-0.15, -0.1) is 0 Å². The largest absolute Gasteiger partial charge is 0.389 e. The number of rotatable bonds is 6. The van der Waals surface area contributed by atoms with Crippen LogP contribution in [0.25, 0.3) is 0 Å². The Morgan fingerprint density at radius 2 is 1.25 bits per heavy atom. The predicted molar refractivity (Wildman–Crippen MR) is 81.2 cm³/mol. The van der Waals surface area contributed by atoms with Gasteiger partial charge in [0.15, 0.2) is 0 Å². The zero-order chi connectivity index (χ0) is 15.6. The van der Waals surface area contributed by atoms with Crippen LogP contribution in [-0.4, -0.2) is 58.6 Å². The van der Waals surface area contributed by atoms with Gasteiger partial charge in [0.2, 0.25) is 0 Å². The fourth-order valence-electron chi connectivity index (χ4n) is 2.08. The second-order valence-corrected chi connectivity index (χ2v) is 6.57. The monoisotopic (exact) mass is 282 g/mol. The Labute approximate surface area is 121 Å². The highest BCUT2D eigenvalue weighted by Crippen LogP contribution is 2.18. The Balaban J connectivity index is 2.85. The number of likely N-dealkylation sites (N-methyl/N-ethyl adjacent to an activating group) is 2. The lowest BCUT2D eigenvalue weighted by Crippen LogP contribution is -2.38. The normalized spacial score (nSPS) is 12.4. The number of aliphatic hydroxyl groups is 2. The van der Waals surface area contributed by atoms with E-state index in [4.69, 9.17) is 0 Å². The highest BCUT2D eigenvalue weighted by Gasteiger charge is 2.19. The maximum absolute atomic E-state index is 9.85. The molecule has 0 aliphatic heterocycles. The second-order valence-electron chi connectivity index (χ2n) is 6.57. The molecule has 114 valence electrons. The van der Waals surface area contributed by atoms with Gasteiger partial charge in [-0.3, -0.25) is 0 Å². The molecule has 0 fully saturated rings. The fraction of sp³-hybridized carbons (Fsp3) is 0.714. The third kappa shape index (κ3) is 5.71. The summed E-state index contributed by atoms with van der Waals surface area (Å²) in [7, 11) is 3.75. The van der Waals surface area contributed by atoms with Crippen LogP contribution in [0.15, 0.2) is 12.4 Å². The van der Waals surface area contributed by atoms with E-state index in [0.717, 1.165) is 11.6 Å². The van der Waals surface area contributed by atoms with E-state index in [1.165, 1.54) is 6.33 Å². The van der Waals surface area contributed by atoms with Gasteiger partial charge in [-0.1, -0.05) is 0 Å². The van der Waals surface area contributed by atoms with E-state index >= 15 is 0 Å². The van der Waals surface area contributed by atoms with Gasteiger partial charge >= 0.3 is 0 Å². The highest BCUT2D eigenvalue weighted by molar-refractivity contribution is 5.49. The molecule has 0 aromatic carbocycles. The lowest BCUT2D eigenvalue weighted by atomic mass is 10.1. The summed E-state index contributed by atoms with van der Waals surface area (Å²) in [6.07, 6.45) is 1.49. The van der Waals surface area contributed by atoms with E-state index in [2.05, 4.69) is 9.97 Å². The van der Waals surface area contributed by atoms with Crippen LogP contribution in [0.4, 0.5) is 11.6 Å². The van der Waals surface area contributed by atoms with Crippen molar-refractivity contribution >= 4 is 11.6 Å². The van der Waals surface area contributed by atoms with Crippen molar-refractivity contribution in [3.05, 3.63) is 12.4 Å². The number of aromatic nitrogens is 2. The van der Waals surface area contributed by atoms with Crippen molar-refractivity contribution in [1.82, 2.24) is 9.97 Å². The first-order chi connectivity index (χ1) is 8.98. The Hall–Kier alpha value is -1.40. The molecule has 1 heterocycles. The maximum Gasteiger partial charge on any atom is 0.133 e. The molecule has 6 heteroatoms. The zero-order valence-corrected chi connectivity index (χ0v) is 13.3. The van der Waals surface area contributed by atoms with Crippen molar-refractivity contribution in [2.45, 2.75) is 38.9 Å². The smallest absolute Gasteiger partial charge is 0.133 e. The topological polar surface area (TPSA) is 72.7 Å². The molecule has 1 rings (SSSR count). The second kappa shape index (κ2) is 5.93. The molecule has 0 saturated carbocycles. The van der Waals surface area contributed by atoms with Crippen LogP contribution in [0, 0.1) is 0 Å². The fourth-order valence-corrected chi connectivity index (χ4v) is 2.08. The number of nitrogens with zero attached hydrogens (tertiary/aromatic N) is 4. The molecule has 1 aromatic rings. The summed E-state index contributed by atoms with van der Waals surface area (Å²) in [6, 6.07) is 1.84. The van der Waals surface area contributed by atoms with Crippen molar-refractivity contribution < 1.29 is 10.2 Å². The van der Waals surface area contributed by atoms with Crippen LogP contribution in [0.5, 0.6) is 0 Å². The molecule has 1 aromatic heterocycles. The third-order valence-corrected chi connectivity index (χ3v) is 2.67. The summed E-state index contributed by atoms with van der Waals surface area (Å²) >= 11 is 0. The van der Waals surface area contributed by atoms with E-state index in [1.807, 2.05) is 30.0 Å². The van der Waals surface area contributed by atoms with Crippen molar-refractivity contribution in [3.63, 3.8) is 0 Å². The molecule has 0 aliphatic rings. The molecule has 0 amide bonds. The van der Waals surface area contributed by atoms with Crippen LogP contribution in [0.3, 0.4) is 0 Å². The molecule has 0 spiro atoms. The lowest BCUT2D eigenvalue weighted by Gasteiger charge is -2.29. The summed E-state index contributed by atoms with van der Waals surface area (Å²) in [5.41, 5.74) is -1.59. The summed E-state index contributed by atoms with van der Waals surface area (Å²) in [4.78, 5) is 12.2. The van der Waals surface area contributed by atoms with Crippen molar-refractivity contribution in [1.29, 1.82) is 0 Å². The van der Waals surface area contributed by atoms with Gasteiger partial charge < -0.3 is 20.0 Å². The van der Waals surface area contributed by atoms with Crippen LogP contribution in [0.1, 0.15) is 27.7 Å². The van der Waals surface area contributed by atoms with Gasteiger partial charge in [0, 0.05) is 33.3 Å². The highest BCUT2D eigenvalue weighted by atomic mass is 16.3. The van der Waals surface area contributed by atoms with Gasteiger partial charge in [-0.2, -0.15) is 0 Å². The van der Waals surface area contributed by atoms with Crippen LogP contribution >= 0.6 is 0 Å². The third-order valence-electron chi connectivity index (χ3n) is 2.67. The first-order valence-electron chi connectivity index (χ1n) is 6.67. The van der Waals surface area contributed by atoms with Crippen LogP contribution in [-0.2, 0) is 0 Å². The van der Waals surface area contributed by atoms with Crippen molar-refractivity contribution in [3.8, 4) is 0 Å². The zero-order valence-electron chi connectivity index (χ0n) is 13.3. The van der Waals surface area contributed by atoms with Gasteiger partial charge in [-0.25, -0.2) is 9.97 Å². The number of anilines is 2. The minimum Gasteiger partial charge on any atom is -0.389 e. The molecule has 0 radical (unpaired) electrons. The minimum atomic E-state index is -0.793. The van der Waals surface area contributed by atoms with E-state index < -0.39 is 11.2 Å². The van der Waals surface area contributed by atoms with Gasteiger partial charge in [-0.05, 0) is 27.7 Å². The Morgan fingerprint density at radius 1 is 0.900 bits per heavy atom. The lowest BCUT2D eigenvalue weighted by molar-refractivity contribution is 0.0881. The molecule has 0 unspecified atom stereocenters. The molecule has 20 heavy (non-hydrogen) atoms. The predicted octanol–water partition coefficient (Wildman–Crippen LogP) is 0.891. The SMILES string of the molecule is CN(CC(C)(C)O)c1cc(N(C)CC(C)(C)O)ncn1. The molecule has 2 N–H and O–H groups in total. The Kier molecular flexibility index (Phi) is 4.94. The Bertz CT molecular complexity index is 400. The molecule has 0 bridgehead atoms. The van der Waals surface area contributed by atoms with Crippen LogP contribution < -0.4 is 9.80 Å².